The highest BCUT2D eigenvalue weighted by Gasteiger charge is 2.28. The van der Waals surface area contributed by atoms with Crippen LogP contribution in [0.3, 0.4) is 0 Å². The Bertz CT molecular complexity index is 588. The lowest BCUT2D eigenvalue weighted by atomic mass is 10.0. The first-order chi connectivity index (χ1) is 10.2. The number of rotatable bonds is 6. The summed E-state index contributed by atoms with van der Waals surface area (Å²) in [5.74, 6) is 0. The average Bonchev–Trinajstić information content (AvgIpc) is 2.85. The van der Waals surface area contributed by atoms with Crippen molar-refractivity contribution < 1.29 is 8.42 Å². The van der Waals surface area contributed by atoms with Crippen molar-refractivity contribution in [2.45, 2.75) is 36.9 Å². The molecular formula is C15H27N3O2S2. The lowest BCUT2D eigenvalue weighted by Crippen LogP contribution is -2.49. The average molecular weight is 346 g/mol. The van der Waals surface area contributed by atoms with Crippen LogP contribution in [0.15, 0.2) is 16.3 Å². The molecule has 2 rings (SSSR count). The van der Waals surface area contributed by atoms with Gasteiger partial charge in [0.15, 0.2) is 0 Å². The van der Waals surface area contributed by atoms with Gasteiger partial charge in [-0.3, -0.25) is 0 Å². The van der Waals surface area contributed by atoms with Crippen molar-refractivity contribution in [2.75, 3.05) is 39.8 Å². The summed E-state index contributed by atoms with van der Waals surface area (Å²) in [4.78, 5) is 5.74. The fourth-order valence-electron chi connectivity index (χ4n) is 2.53. The number of piperazine rings is 1. The van der Waals surface area contributed by atoms with Crippen molar-refractivity contribution in [1.29, 1.82) is 0 Å². The van der Waals surface area contributed by atoms with Crippen LogP contribution in [0.1, 0.15) is 25.1 Å². The van der Waals surface area contributed by atoms with Gasteiger partial charge < -0.3 is 9.80 Å². The summed E-state index contributed by atoms with van der Waals surface area (Å²) in [7, 11) is -1.28. The zero-order chi connectivity index (χ0) is 16.4. The van der Waals surface area contributed by atoms with Gasteiger partial charge in [0, 0.05) is 43.1 Å². The molecule has 1 fully saturated rings. The normalized spacial score (nSPS) is 18.7. The van der Waals surface area contributed by atoms with E-state index in [-0.39, 0.29) is 0 Å². The van der Waals surface area contributed by atoms with Gasteiger partial charge >= 0.3 is 0 Å². The summed E-state index contributed by atoms with van der Waals surface area (Å²) in [5.41, 5.74) is -0.444. The summed E-state index contributed by atoms with van der Waals surface area (Å²) < 4.78 is 28.1. The van der Waals surface area contributed by atoms with Crippen molar-refractivity contribution in [3.63, 3.8) is 0 Å². The Morgan fingerprint density at radius 2 is 1.86 bits per heavy atom. The number of hydrogen-bond donors (Lipinski definition) is 1. The monoisotopic (exact) mass is 345 g/mol. The molecular weight excluding hydrogens is 318 g/mol. The molecule has 0 aromatic carbocycles. The van der Waals surface area contributed by atoms with Crippen LogP contribution in [-0.4, -0.2) is 63.5 Å². The van der Waals surface area contributed by atoms with Gasteiger partial charge in [-0.25, -0.2) is 13.1 Å². The maximum atomic E-state index is 12.4. The molecule has 1 aromatic heterocycles. The van der Waals surface area contributed by atoms with E-state index in [4.69, 9.17) is 0 Å². The third kappa shape index (κ3) is 5.03. The maximum absolute atomic E-state index is 12.4. The van der Waals surface area contributed by atoms with Crippen molar-refractivity contribution in [3.05, 3.63) is 17.0 Å². The van der Waals surface area contributed by atoms with Gasteiger partial charge in [-0.1, -0.05) is 0 Å². The molecule has 1 saturated heterocycles. The Kier molecular flexibility index (Phi) is 5.66. The minimum atomic E-state index is -3.42. The molecule has 2 heterocycles. The van der Waals surface area contributed by atoms with Gasteiger partial charge in [0.25, 0.3) is 10.0 Å². The Labute approximate surface area is 138 Å². The molecule has 0 unspecified atom stereocenters. The van der Waals surface area contributed by atoms with Crippen molar-refractivity contribution in [1.82, 2.24) is 14.5 Å². The first-order valence-electron chi connectivity index (χ1n) is 7.69. The zero-order valence-electron chi connectivity index (χ0n) is 13.9. The van der Waals surface area contributed by atoms with Crippen LogP contribution >= 0.6 is 11.3 Å². The van der Waals surface area contributed by atoms with Crippen LogP contribution in [0.5, 0.6) is 0 Å². The van der Waals surface area contributed by atoms with Gasteiger partial charge in [-0.05, 0) is 46.4 Å². The van der Waals surface area contributed by atoms with Gasteiger partial charge in [0.2, 0.25) is 0 Å². The third-order valence-electron chi connectivity index (χ3n) is 4.04. The lowest BCUT2D eigenvalue weighted by Gasteiger charge is -2.35. The smallest absolute Gasteiger partial charge is 0.250 e. The number of likely N-dealkylation sites (N-methyl/N-ethyl adjacent to an activating group) is 1. The topological polar surface area (TPSA) is 52.7 Å². The van der Waals surface area contributed by atoms with E-state index < -0.39 is 15.6 Å². The quantitative estimate of drug-likeness (QED) is 0.853. The molecule has 1 aromatic rings. The summed E-state index contributed by atoms with van der Waals surface area (Å²) in [6.45, 7) is 11.0. The predicted molar refractivity (Wildman–Crippen MR) is 92.0 cm³/mol. The van der Waals surface area contributed by atoms with Crippen LogP contribution in [-0.2, 0) is 10.0 Å². The van der Waals surface area contributed by atoms with Crippen LogP contribution in [0.25, 0.3) is 0 Å². The number of hydrogen-bond acceptors (Lipinski definition) is 5. The maximum Gasteiger partial charge on any atom is 0.250 e. The highest BCUT2D eigenvalue weighted by Crippen LogP contribution is 2.23. The van der Waals surface area contributed by atoms with Gasteiger partial charge in [0.05, 0.1) is 0 Å². The fourth-order valence-corrected chi connectivity index (χ4v) is 5.26. The van der Waals surface area contributed by atoms with Crippen molar-refractivity contribution in [3.8, 4) is 0 Å². The van der Waals surface area contributed by atoms with E-state index in [1.54, 1.807) is 6.07 Å². The van der Waals surface area contributed by atoms with Crippen molar-refractivity contribution >= 4 is 21.4 Å². The number of nitrogens with zero attached hydrogens (tertiary/aromatic N) is 2. The predicted octanol–water partition coefficient (Wildman–Crippen LogP) is 1.75. The molecule has 0 saturated carbocycles. The molecule has 0 aliphatic carbocycles. The van der Waals surface area contributed by atoms with E-state index in [9.17, 15) is 8.42 Å². The minimum Gasteiger partial charge on any atom is -0.304 e. The van der Waals surface area contributed by atoms with Crippen LogP contribution in [0, 0.1) is 6.92 Å². The highest BCUT2D eigenvalue weighted by atomic mass is 32.2. The lowest BCUT2D eigenvalue weighted by molar-refractivity contribution is 0.144. The van der Waals surface area contributed by atoms with Crippen molar-refractivity contribution in [2.24, 2.45) is 0 Å². The summed E-state index contributed by atoms with van der Waals surface area (Å²) in [5, 5.41) is 0. The SMILES string of the molecule is Cc1ccc(S(=O)(=O)NC(C)(C)CCN2CCN(C)CC2)s1. The summed E-state index contributed by atoms with van der Waals surface area (Å²) in [6, 6.07) is 3.52. The fraction of sp³-hybridized carbons (Fsp3) is 0.733. The Balaban J connectivity index is 1.90. The molecule has 1 aliphatic heterocycles. The highest BCUT2D eigenvalue weighted by molar-refractivity contribution is 7.91. The molecule has 22 heavy (non-hydrogen) atoms. The zero-order valence-corrected chi connectivity index (χ0v) is 15.6. The molecule has 0 bridgehead atoms. The molecule has 0 atom stereocenters. The van der Waals surface area contributed by atoms with Crippen LogP contribution in [0.4, 0.5) is 0 Å². The third-order valence-corrected chi connectivity index (χ3v) is 7.23. The number of thiophene rings is 1. The molecule has 1 aliphatic rings. The first-order valence-corrected chi connectivity index (χ1v) is 9.99. The minimum absolute atomic E-state index is 0.401. The molecule has 0 amide bonds. The van der Waals surface area contributed by atoms with Crippen LogP contribution < -0.4 is 4.72 Å². The molecule has 7 heteroatoms. The van der Waals surface area contributed by atoms with E-state index in [0.717, 1.165) is 44.0 Å². The molecule has 0 radical (unpaired) electrons. The molecule has 0 spiro atoms. The Hall–Kier alpha value is -0.470. The second-order valence-electron chi connectivity index (χ2n) is 6.75. The first kappa shape index (κ1) is 17.9. The molecule has 1 N–H and O–H groups in total. The summed E-state index contributed by atoms with van der Waals surface area (Å²) in [6.07, 6.45) is 0.806. The Morgan fingerprint density at radius 3 is 2.41 bits per heavy atom. The Morgan fingerprint density at radius 1 is 1.23 bits per heavy atom. The standard InChI is InChI=1S/C15H27N3O2S2/c1-13-5-6-14(21-13)22(19,20)16-15(2,3)7-8-18-11-9-17(4)10-12-18/h5-6,16H,7-12H2,1-4H3. The van der Waals surface area contributed by atoms with E-state index in [2.05, 4.69) is 21.6 Å². The second kappa shape index (κ2) is 6.97. The van der Waals surface area contributed by atoms with E-state index in [0.29, 0.717) is 4.21 Å². The van der Waals surface area contributed by atoms with Gasteiger partial charge in [-0.2, -0.15) is 0 Å². The van der Waals surface area contributed by atoms with Gasteiger partial charge in [-0.15, -0.1) is 11.3 Å². The summed E-state index contributed by atoms with van der Waals surface area (Å²) >= 11 is 1.32. The molecule has 126 valence electrons. The molecule has 5 nitrogen and oxygen atoms in total. The van der Waals surface area contributed by atoms with E-state index in [1.807, 2.05) is 26.8 Å². The number of sulfonamides is 1. The largest absolute Gasteiger partial charge is 0.304 e. The van der Waals surface area contributed by atoms with Crippen LogP contribution in [0.2, 0.25) is 0 Å². The van der Waals surface area contributed by atoms with Gasteiger partial charge in [0.1, 0.15) is 4.21 Å². The second-order valence-corrected chi connectivity index (χ2v) is 9.95. The van der Waals surface area contributed by atoms with E-state index >= 15 is 0 Å². The van der Waals surface area contributed by atoms with E-state index in [1.165, 1.54) is 11.3 Å². The number of nitrogens with one attached hydrogen (secondary N) is 1. The number of aryl methyl sites for hydroxylation is 1.